The normalized spacial score (nSPS) is 15.2. The molecule has 7 heteroatoms. The number of carbonyl (C=O) groups is 1. The summed E-state index contributed by atoms with van der Waals surface area (Å²) in [5, 5.41) is 13.8. The molecule has 0 saturated carbocycles. The van der Waals surface area contributed by atoms with Gasteiger partial charge in [0.05, 0.1) is 0 Å². The summed E-state index contributed by atoms with van der Waals surface area (Å²) in [4.78, 5) is 12.1. The molecular formula is C16H17FN4O2. The lowest BCUT2D eigenvalue weighted by atomic mass is 10.1. The van der Waals surface area contributed by atoms with Crippen LogP contribution in [-0.4, -0.2) is 35.4 Å². The monoisotopic (exact) mass is 316 g/mol. The lowest BCUT2D eigenvalue weighted by Gasteiger charge is -2.22. The molecule has 1 aromatic carbocycles. The van der Waals surface area contributed by atoms with Crippen LogP contribution in [0.5, 0.6) is 0 Å². The number of rotatable bonds is 4. The summed E-state index contributed by atoms with van der Waals surface area (Å²) in [5.41, 5.74) is 0.959. The lowest BCUT2D eigenvalue weighted by molar-refractivity contribution is 0.0693. The van der Waals surface area contributed by atoms with E-state index < -0.39 is 0 Å². The molecule has 23 heavy (non-hydrogen) atoms. The Morgan fingerprint density at radius 1 is 1.09 bits per heavy atom. The highest BCUT2D eigenvalue weighted by Gasteiger charge is 2.17. The average Bonchev–Trinajstić information content (AvgIpc) is 2.58. The fourth-order valence-corrected chi connectivity index (χ4v) is 2.30. The molecule has 0 bridgehead atoms. The van der Waals surface area contributed by atoms with Gasteiger partial charge in [-0.1, -0.05) is 0 Å². The zero-order valence-electron chi connectivity index (χ0n) is 12.5. The number of halogens is 1. The Morgan fingerprint density at radius 2 is 1.83 bits per heavy atom. The number of hydrogen-bond donors (Lipinski definition) is 2. The molecule has 0 aliphatic carbocycles. The van der Waals surface area contributed by atoms with E-state index in [4.69, 9.17) is 4.74 Å². The Balaban J connectivity index is 1.59. The molecule has 0 radical (unpaired) electrons. The van der Waals surface area contributed by atoms with Gasteiger partial charge in [-0.25, -0.2) is 4.39 Å². The fraction of sp³-hybridized carbons (Fsp3) is 0.312. The number of amides is 1. The minimum atomic E-state index is -0.304. The van der Waals surface area contributed by atoms with Crippen molar-refractivity contribution in [2.75, 3.05) is 18.5 Å². The van der Waals surface area contributed by atoms with Crippen molar-refractivity contribution in [3.05, 3.63) is 47.9 Å². The number of anilines is 2. The molecule has 2 N–H and O–H groups in total. The van der Waals surface area contributed by atoms with E-state index in [2.05, 4.69) is 20.8 Å². The van der Waals surface area contributed by atoms with Crippen LogP contribution >= 0.6 is 0 Å². The number of nitrogens with one attached hydrogen (secondary N) is 2. The molecule has 2 aromatic rings. The first-order valence-electron chi connectivity index (χ1n) is 7.45. The van der Waals surface area contributed by atoms with Gasteiger partial charge in [0.15, 0.2) is 11.5 Å². The summed E-state index contributed by atoms with van der Waals surface area (Å²) in [6, 6.07) is 9.29. The largest absolute Gasteiger partial charge is 0.381 e. The van der Waals surface area contributed by atoms with Gasteiger partial charge in [-0.05, 0) is 49.2 Å². The fourth-order valence-electron chi connectivity index (χ4n) is 2.30. The first-order chi connectivity index (χ1) is 11.2. The van der Waals surface area contributed by atoms with Crippen molar-refractivity contribution in [2.45, 2.75) is 18.9 Å². The topological polar surface area (TPSA) is 76.1 Å². The van der Waals surface area contributed by atoms with Crippen molar-refractivity contribution in [3.63, 3.8) is 0 Å². The van der Waals surface area contributed by atoms with Crippen LogP contribution in [0, 0.1) is 5.82 Å². The highest BCUT2D eigenvalue weighted by Crippen LogP contribution is 2.14. The molecular weight excluding hydrogens is 299 g/mol. The van der Waals surface area contributed by atoms with E-state index in [9.17, 15) is 9.18 Å². The van der Waals surface area contributed by atoms with Crippen LogP contribution in [0.2, 0.25) is 0 Å². The van der Waals surface area contributed by atoms with E-state index in [1.54, 1.807) is 24.3 Å². The molecule has 2 heterocycles. The molecule has 1 aromatic heterocycles. The number of aromatic nitrogens is 2. The van der Waals surface area contributed by atoms with Crippen LogP contribution < -0.4 is 10.6 Å². The second kappa shape index (κ2) is 7.15. The smallest absolute Gasteiger partial charge is 0.272 e. The van der Waals surface area contributed by atoms with Gasteiger partial charge >= 0.3 is 0 Å². The first kappa shape index (κ1) is 15.4. The highest BCUT2D eigenvalue weighted by atomic mass is 19.1. The molecule has 0 unspecified atom stereocenters. The molecule has 6 nitrogen and oxygen atoms in total. The van der Waals surface area contributed by atoms with Gasteiger partial charge in [-0.3, -0.25) is 4.79 Å². The summed E-state index contributed by atoms with van der Waals surface area (Å²) in [6.45, 7) is 1.33. The Bertz CT molecular complexity index is 655. The SMILES string of the molecule is O=C(NC1CCOCC1)c1ccc(Nc2ccc(F)cc2)nn1. The van der Waals surface area contributed by atoms with Crippen LogP contribution in [-0.2, 0) is 4.74 Å². The molecule has 1 fully saturated rings. The molecule has 3 rings (SSSR count). The summed E-state index contributed by atoms with van der Waals surface area (Å²) in [5.74, 6) is -0.0567. The van der Waals surface area contributed by atoms with Crippen LogP contribution in [0.1, 0.15) is 23.3 Å². The third kappa shape index (κ3) is 4.23. The lowest BCUT2D eigenvalue weighted by Crippen LogP contribution is -2.39. The molecule has 0 atom stereocenters. The Morgan fingerprint density at radius 3 is 2.48 bits per heavy atom. The number of ether oxygens (including phenoxy) is 1. The Labute approximate surface area is 133 Å². The third-order valence-electron chi connectivity index (χ3n) is 3.57. The second-order valence-corrected chi connectivity index (χ2v) is 5.30. The highest BCUT2D eigenvalue weighted by molar-refractivity contribution is 5.92. The summed E-state index contributed by atoms with van der Waals surface area (Å²) >= 11 is 0. The average molecular weight is 316 g/mol. The zero-order chi connectivity index (χ0) is 16.1. The summed E-state index contributed by atoms with van der Waals surface area (Å²) < 4.78 is 18.1. The van der Waals surface area contributed by atoms with Crippen LogP contribution in [0.25, 0.3) is 0 Å². The van der Waals surface area contributed by atoms with Crippen molar-refractivity contribution in [1.82, 2.24) is 15.5 Å². The second-order valence-electron chi connectivity index (χ2n) is 5.30. The molecule has 1 saturated heterocycles. The van der Waals surface area contributed by atoms with Gasteiger partial charge in [-0.2, -0.15) is 0 Å². The van der Waals surface area contributed by atoms with E-state index in [0.717, 1.165) is 12.8 Å². The van der Waals surface area contributed by atoms with Crippen LogP contribution in [0.4, 0.5) is 15.9 Å². The van der Waals surface area contributed by atoms with Gasteiger partial charge in [0, 0.05) is 24.9 Å². The van der Waals surface area contributed by atoms with E-state index in [1.165, 1.54) is 12.1 Å². The molecule has 1 amide bonds. The minimum Gasteiger partial charge on any atom is -0.381 e. The number of nitrogens with zero attached hydrogens (tertiary/aromatic N) is 2. The molecule has 1 aliphatic heterocycles. The first-order valence-corrected chi connectivity index (χ1v) is 7.45. The maximum Gasteiger partial charge on any atom is 0.272 e. The van der Waals surface area contributed by atoms with Gasteiger partial charge in [0.1, 0.15) is 5.82 Å². The van der Waals surface area contributed by atoms with E-state index in [-0.39, 0.29) is 23.5 Å². The quantitative estimate of drug-likeness (QED) is 0.905. The van der Waals surface area contributed by atoms with E-state index in [1.807, 2.05) is 0 Å². The van der Waals surface area contributed by atoms with Crippen LogP contribution in [0.15, 0.2) is 36.4 Å². The number of hydrogen-bond acceptors (Lipinski definition) is 5. The van der Waals surface area contributed by atoms with Crippen molar-refractivity contribution < 1.29 is 13.9 Å². The summed E-state index contributed by atoms with van der Waals surface area (Å²) in [7, 11) is 0. The van der Waals surface area contributed by atoms with Crippen molar-refractivity contribution in [1.29, 1.82) is 0 Å². The van der Waals surface area contributed by atoms with Gasteiger partial charge in [0.2, 0.25) is 0 Å². The predicted molar refractivity (Wildman–Crippen MR) is 83.0 cm³/mol. The predicted octanol–water partition coefficient (Wildman–Crippen LogP) is 2.27. The Kier molecular flexibility index (Phi) is 4.77. The molecule has 1 aliphatic rings. The standard InChI is InChI=1S/C16H17FN4O2/c17-11-1-3-12(4-2-11)18-15-6-5-14(20-21-15)16(22)19-13-7-9-23-10-8-13/h1-6,13H,7-10H2,(H,18,21)(H,19,22). The van der Waals surface area contributed by atoms with Crippen molar-refractivity contribution in [3.8, 4) is 0 Å². The van der Waals surface area contributed by atoms with E-state index in [0.29, 0.717) is 24.7 Å². The Hall–Kier alpha value is -2.54. The van der Waals surface area contributed by atoms with Gasteiger partial charge < -0.3 is 15.4 Å². The number of carbonyl (C=O) groups excluding carboxylic acids is 1. The minimum absolute atomic E-state index is 0.120. The van der Waals surface area contributed by atoms with Gasteiger partial charge in [0.25, 0.3) is 5.91 Å². The number of benzene rings is 1. The maximum absolute atomic E-state index is 12.9. The van der Waals surface area contributed by atoms with Crippen molar-refractivity contribution in [2.24, 2.45) is 0 Å². The van der Waals surface area contributed by atoms with Crippen LogP contribution in [0.3, 0.4) is 0 Å². The van der Waals surface area contributed by atoms with E-state index >= 15 is 0 Å². The molecule has 120 valence electrons. The summed E-state index contributed by atoms with van der Waals surface area (Å²) in [6.07, 6.45) is 1.62. The maximum atomic E-state index is 12.9. The third-order valence-corrected chi connectivity index (χ3v) is 3.57. The van der Waals surface area contributed by atoms with Crippen molar-refractivity contribution >= 4 is 17.4 Å². The van der Waals surface area contributed by atoms with Gasteiger partial charge in [-0.15, -0.1) is 10.2 Å². The zero-order valence-corrected chi connectivity index (χ0v) is 12.5. The molecule has 0 spiro atoms.